The van der Waals surface area contributed by atoms with Crippen molar-refractivity contribution in [3.63, 3.8) is 0 Å². The number of unbranched alkanes of at least 4 members (excludes halogenated alkanes) is 4. The van der Waals surface area contributed by atoms with E-state index in [0.717, 1.165) is 48.6 Å². The van der Waals surface area contributed by atoms with Crippen LogP contribution in [-0.4, -0.2) is 69.6 Å². The standard InChI is InChI=1S/C35H44N2O5S/c1-4-6-7-13-23-42-33(41)29-28-31(39)37(21-11-8-12-22-38)30(35(28)19-18-34(29,3)43-35)32(40)36(20-5-2)27-17-16-25-14-9-10-15-26(25)24-27/h4-5,9-10,14-17,24,28-30,38H,1-2,6-8,11-13,18-23H2,3H3/t28-,29-,30?,34+,35?/m0/s1. The van der Waals surface area contributed by atoms with Crippen LogP contribution in [0.4, 0.5) is 5.69 Å². The first-order valence-corrected chi connectivity index (χ1v) is 16.4. The average Bonchev–Trinajstić information content (AvgIpc) is 3.57. The highest BCUT2D eigenvalue weighted by atomic mass is 32.2. The van der Waals surface area contributed by atoms with Crippen molar-refractivity contribution in [3.8, 4) is 0 Å². The summed E-state index contributed by atoms with van der Waals surface area (Å²) in [5.41, 5.74) is 0.760. The van der Waals surface area contributed by atoms with E-state index in [9.17, 15) is 19.5 Å². The van der Waals surface area contributed by atoms with E-state index >= 15 is 0 Å². The zero-order valence-electron chi connectivity index (χ0n) is 25.2. The number of rotatable bonds is 15. The van der Waals surface area contributed by atoms with Crippen LogP contribution in [0.15, 0.2) is 67.8 Å². The minimum atomic E-state index is -0.706. The van der Waals surface area contributed by atoms with Crippen LogP contribution in [0.25, 0.3) is 10.8 Å². The second-order valence-electron chi connectivity index (χ2n) is 12.3. The van der Waals surface area contributed by atoms with Crippen molar-refractivity contribution >= 4 is 46.0 Å². The Kier molecular flexibility index (Phi) is 9.67. The lowest BCUT2D eigenvalue weighted by atomic mass is 9.66. The molecule has 5 rings (SSSR count). The number of aliphatic hydroxyl groups excluding tert-OH is 1. The number of nitrogens with zero attached hydrogens (tertiary/aromatic N) is 2. The molecule has 0 aromatic heterocycles. The van der Waals surface area contributed by atoms with Crippen LogP contribution in [0.1, 0.15) is 58.3 Å². The number of allylic oxidation sites excluding steroid dienone is 1. The molecule has 3 heterocycles. The van der Waals surface area contributed by atoms with Gasteiger partial charge in [-0.05, 0) is 81.2 Å². The number of amides is 2. The molecule has 5 atom stereocenters. The third kappa shape index (κ3) is 5.76. The number of benzene rings is 2. The molecule has 3 saturated heterocycles. The van der Waals surface area contributed by atoms with Crippen LogP contribution < -0.4 is 4.90 Å². The monoisotopic (exact) mass is 604 g/mol. The van der Waals surface area contributed by atoms with E-state index in [0.29, 0.717) is 39.0 Å². The molecule has 7 nitrogen and oxygen atoms in total. The third-order valence-electron chi connectivity index (χ3n) is 9.49. The zero-order chi connectivity index (χ0) is 30.6. The number of carbonyl (C=O) groups is 3. The summed E-state index contributed by atoms with van der Waals surface area (Å²) in [6.45, 7) is 10.9. The summed E-state index contributed by atoms with van der Waals surface area (Å²) in [5, 5.41) is 11.4. The maximum absolute atomic E-state index is 14.8. The van der Waals surface area contributed by atoms with Gasteiger partial charge in [-0.1, -0.05) is 42.5 Å². The molecule has 3 aliphatic rings. The van der Waals surface area contributed by atoms with Gasteiger partial charge in [-0.3, -0.25) is 14.4 Å². The number of hydrogen-bond donors (Lipinski definition) is 1. The number of carbonyl (C=O) groups excluding carboxylic acids is 3. The molecule has 2 unspecified atom stereocenters. The highest BCUT2D eigenvalue weighted by molar-refractivity contribution is 8.02. The third-order valence-corrected chi connectivity index (χ3v) is 11.5. The van der Waals surface area contributed by atoms with Crippen molar-refractivity contribution in [1.82, 2.24) is 4.90 Å². The summed E-state index contributed by atoms with van der Waals surface area (Å²) in [5.74, 6) is -1.78. The quantitative estimate of drug-likeness (QED) is 0.155. The lowest BCUT2D eigenvalue weighted by molar-refractivity contribution is -0.155. The molecule has 0 saturated carbocycles. The fourth-order valence-corrected chi connectivity index (χ4v) is 9.81. The summed E-state index contributed by atoms with van der Waals surface area (Å²) >= 11 is 1.67. The zero-order valence-corrected chi connectivity index (χ0v) is 26.0. The first-order valence-electron chi connectivity index (χ1n) is 15.6. The summed E-state index contributed by atoms with van der Waals surface area (Å²) < 4.78 is 4.62. The Morgan fingerprint density at radius 2 is 1.86 bits per heavy atom. The molecule has 2 aromatic carbocycles. The smallest absolute Gasteiger partial charge is 0.311 e. The number of thioether (sulfide) groups is 1. The number of hydrogen-bond acceptors (Lipinski definition) is 6. The second-order valence-corrected chi connectivity index (χ2v) is 14.2. The Labute approximate surface area is 259 Å². The van der Waals surface area contributed by atoms with Crippen molar-refractivity contribution in [2.24, 2.45) is 11.8 Å². The Hall–Kier alpha value is -3.10. The maximum atomic E-state index is 14.8. The lowest BCUT2D eigenvalue weighted by Gasteiger charge is -2.37. The Balaban J connectivity index is 1.49. The first-order chi connectivity index (χ1) is 20.8. The number of esters is 1. The number of anilines is 1. The van der Waals surface area contributed by atoms with E-state index in [2.05, 4.69) is 20.1 Å². The molecule has 230 valence electrons. The summed E-state index contributed by atoms with van der Waals surface area (Å²) in [4.78, 5) is 46.3. The normalized spacial score (nSPS) is 27.3. The predicted octanol–water partition coefficient (Wildman–Crippen LogP) is 5.90. The highest BCUT2D eigenvalue weighted by Crippen LogP contribution is 2.71. The molecule has 1 spiro atoms. The fourth-order valence-electron chi connectivity index (χ4n) is 7.47. The summed E-state index contributed by atoms with van der Waals surface area (Å²) in [7, 11) is 0. The number of aliphatic hydroxyl groups is 1. The van der Waals surface area contributed by atoms with E-state index in [1.165, 1.54) is 0 Å². The van der Waals surface area contributed by atoms with Gasteiger partial charge in [0.1, 0.15) is 6.04 Å². The maximum Gasteiger partial charge on any atom is 0.311 e. The first kappa shape index (κ1) is 31.3. The van der Waals surface area contributed by atoms with Crippen molar-refractivity contribution in [2.75, 3.05) is 31.2 Å². The molecule has 3 aliphatic heterocycles. The topological polar surface area (TPSA) is 87.1 Å². The molecular formula is C35H44N2O5S. The molecule has 0 aliphatic carbocycles. The minimum Gasteiger partial charge on any atom is -0.465 e. The van der Waals surface area contributed by atoms with Crippen LogP contribution in [-0.2, 0) is 19.1 Å². The van der Waals surface area contributed by atoms with Gasteiger partial charge in [-0.15, -0.1) is 24.9 Å². The molecule has 8 heteroatoms. The molecular weight excluding hydrogens is 560 g/mol. The fraction of sp³-hybridized carbons (Fsp3) is 0.514. The van der Waals surface area contributed by atoms with Crippen LogP contribution in [0.5, 0.6) is 0 Å². The Morgan fingerprint density at radius 3 is 2.60 bits per heavy atom. The molecule has 43 heavy (non-hydrogen) atoms. The molecule has 0 radical (unpaired) electrons. The summed E-state index contributed by atoms with van der Waals surface area (Å²) in [6, 6.07) is 13.3. The van der Waals surface area contributed by atoms with Gasteiger partial charge in [0, 0.05) is 30.1 Å². The van der Waals surface area contributed by atoms with Crippen LogP contribution >= 0.6 is 11.8 Å². The van der Waals surface area contributed by atoms with Crippen molar-refractivity contribution < 1.29 is 24.2 Å². The van der Waals surface area contributed by atoms with Gasteiger partial charge in [0.15, 0.2) is 0 Å². The predicted molar refractivity (Wildman–Crippen MR) is 173 cm³/mol. The summed E-state index contributed by atoms with van der Waals surface area (Å²) in [6.07, 6.45) is 9.60. The number of likely N-dealkylation sites (tertiary alicyclic amines) is 1. The van der Waals surface area contributed by atoms with Crippen molar-refractivity contribution in [2.45, 2.75) is 73.8 Å². The SMILES string of the molecule is C=CCCCCOC(=O)[C@@H]1[C@H]2C(=O)N(CCCCCO)C(C(=O)N(CC=C)c3ccc4ccccc4c3)C23CC[C@@]1(C)S3. The molecule has 2 bridgehead atoms. The van der Waals surface area contributed by atoms with E-state index in [4.69, 9.17) is 4.74 Å². The number of fused-ring (bicyclic) bond motifs is 2. The molecule has 2 amide bonds. The van der Waals surface area contributed by atoms with Gasteiger partial charge < -0.3 is 19.6 Å². The van der Waals surface area contributed by atoms with Crippen molar-refractivity contribution in [1.29, 1.82) is 0 Å². The Morgan fingerprint density at radius 1 is 1.07 bits per heavy atom. The van der Waals surface area contributed by atoms with E-state index in [-0.39, 0.29) is 24.4 Å². The largest absolute Gasteiger partial charge is 0.465 e. The Bertz CT molecular complexity index is 1380. The minimum absolute atomic E-state index is 0.0901. The van der Waals surface area contributed by atoms with E-state index in [1.807, 2.05) is 48.5 Å². The van der Waals surface area contributed by atoms with E-state index in [1.54, 1.807) is 27.6 Å². The lowest BCUT2D eigenvalue weighted by Crippen LogP contribution is -2.55. The number of ether oxygens (including phenoxy) is 1. The van der Waals surface area contributed by atoms with Crippen LogP contribution in [0, 0.1) is 11.8 Å². The second kappa shape index (κ2) is 13.3. The molecule has 3 fully saturated rings. The van der Waals surface area contributed by atoms with Crippen LogP contribution in [0.2, 0.25) is 0 Å². The average molecular weight is 605 g/mol. The van der Waals surface area contributed by atoms with Gasteiger partial charge in [0.2, 0.25) is 5.91 Å². The van der Waals surface area contributed by atoms with E-state index < -0.39 is 27.4 Å². The van der Waals surface area contributed by atoms with Gasteiger partial charge in [-0.25, -0.2) is 0 Å². The molecule has 1 N–H and O–H groups in total. The van der Waals surface area contributed by atoms with Gasteiger partial charge >= 0.3 is 5.97 Å². The van der Waals surface area contributed by atoms with Crippen LogP contribution in [0.3, 0.4) is 0 Å². The molecule has 2 aromatic rings. The van der Waals surface area contributed by atoms with Gasteiger partial charge in [0.05, 0.1) is 23.2 Å². The van der Waals surface area contributed by atoms with Gasteiger partial charge in [-0.2, -0.15) is 0 Å². The van der Waals surface area contributed by atoms with Gasteiger partial charge in [0.25, 0.3) is 5.91 Å². The highest BCUT2D eigenvalue weighted by Gasteiger charge is 2.77. The van der Waals surface area contributed by atoms with Crippen molar-refractivity contribution in [3.05, 3.63) is 67.8 Å².